The number of amides is 1. The molecule has 1 aromatic rings. The fraction of sp³-hybridized carbons (Fsp3) is 0.429. The molecule has 1 amide bonds. The number of hydrogen-bond acceptors (Lipinski definition) is 3. The lowest BCUT2D eigenvalue weighted by Gasteiger charge is -2.08. The summed E-state index contributed by atoms with van der Waals surface area (Å²) in [6, 6.07) is 7.48. The maximum atomic E-state index is 11.6. The van der Waals surface area contributed by atoms with Crippen LogP contribution in [0.25, 0.3) is 0 Å². The van der Waals surface area contributed by atoms with Gasteiger partial charge in [-0.05, 0) is 30.9 Å². The number of para-hydroxylation sites is 1. The molecule has 1 fully saturated rings. The van der Waals surface area contributed by atoms with E-state index < -0.39 is 0 Å². The summed E-state index contributed by atoms with van der Waals surface area (Å²) in [5, 5.41) is 2.72. The molecule has 96 valence electrons. The zero-order valence-electron chi connectivity index (χ0n) is 10.6. The van der Waals surface area contributed by atoms with E-state index in [-0.39, 0.29) is 24.4 Å². The van der Waals surface area contributed by atoms with E-state index in [1.54, 1.807) is 0 Å². The topological polar surface area (TPSA) is 55.4 Å². The second kappa shape index (κ2) is 5.21. The van der Waals surface area contributed by atoms with Crippen LogP contribution in [-0.2, 0) is 14.3 Å². The summed E-state index contributed by atoms with van der Waals surface area (Å²) in [5.74, 6) is -0.165. The minimum absolute atomic E-state index is 0.00346. The van der Waals surface area contributed by atoms with Crippen molar-refractivity contribution in [3.05, 3.63) is 29.8 Å². The number of esters is 1. The van der Waals surface area contributed by atoms with Crippen LogP contribution in [0.1, 0.15) is 18.9 Å². The molecule has 1 aliphatic carbocycles. The van der Waals surface area contributed by atoms with E-state index in [4.69, 9.17) is 4.74 Å². The lowest BCUT2D eigenvalue weighted by atomic mass is 10.2. The first-order chi connectivity index (χ1) is 8.58. The average molecular weight is 247 g/mol. The van der Waals surface area contributed by atoms with E-state index in [1.165, 1.54) is 0 Å². The first kappa shape index (κ1) is 12.6. The van der Waals surface area contributed by atoms with Gasteiger partial charge in [-0.25, -0.2) is 0 Å². The molecule has 0 radical (unpaired) electrons. The minimum Gasteiger partial charge on any atom is -0.455 e. The lowest BCUT2D eigenvalue weighted by Crippen LogP contribution is -2.22. The molecule has 1 N–H and O–H groups in total. The quantitative estimate of drug-likeness (QED) is 0.829. The molecule has 0 saturated heterocycles. The van der Waals surface area contributed by atoms with Crippen LogP contribution in [-0.4, -0.2) is 18.5 Å². The normalized spacial score (nSPS) is 21.2. The number of carbonyl (C=O) groups excluding carboxylic acids is 2. The van der Waals surface area contributed by atoms with Crippen LogP contribution in [0.5, 0.6) is 0 Å². The van der Waals surface area contributed by atoms with Crippen molar-refractivity contribution >= 4 is 17.6 Å². The third kappa shape index (κ3) is 3.09. The Kier molecular flexibility index (Phi) is 3.65. The van der Waals surface area contributed by atoms with Crippen molar-refractivity contribution in [1.29, 1.82) is 0 Å². The van der Waals surface area contributed by atoms with Crippen molar-refractivity contribution in [3.8, 4) is 0 Å². The summed E-state index contributed by atoms with van der Waals surface area (Å²) in [6.45, 7) is 3.70. The van der Waals surface area contributed by atoms with Gasteiger partial charge < -0.3 is 10.1 Å². The molecule has 1 saturated carbocycles. The summed E-state index contributed by atoms with van der Waals surface area (Å²) in [7, 11) is 0. The second-order valence-electron chi connectivity index (χ2n) is 4.79. The van der Waals surface area contributed by atoms with Crippen molar-refractivity contribution in [2.45, 2.75) is 20.3 Å². The summed E-state index contributed by atoms with van der Waals surface area (Å²) < 4.78 is 4.96. The Morgan fingerprint density at radius 2 is 2.06 bits per heavy atom. The van der Waals surface area contributed by atoms with E-state index in [0.717, 1.165) is 17.7 Å². The molecule has 0 unspecified atom stereocenters. The van der Waals surface area contributed by atoms with E-state index in [9.17, 15) is 9.59 Å². The second-order valence-corrected chi connectivity index (χ2v) is 4.79. The Hall–Kier alpha value is -1.84. The molecular formula is C14H17NO3. The van der Waals surface area contributed by atoms with Gasteiger partial charge in [-0.1, -0.05) is 25.1 Å². The number of rotatable bonds is 4. The van der Waals surface area contributed by atoms with Gasteiger partial charge in [0, 0.05) is 5.69 Å². The first-order valence-corrected chi connectivity index (χ1v) is 6.10. The highest BCUT2D eigenvalue weighted by Gasteiger charge is 2.40. The van der Waals surface area contributed by atoms with Gasteiger partial charge in [-0.3, -0.25) is 9.59 Å². The molecule has 2 rings (SSSR count). The van der Waals surface area contributed by atoms with Crippen LogP contribution in [0.2, 0.25) is 0 Å². The van der Waals surface area contributed by atoms with Crippen molar-refractivity contribution in [2.24, 2.45) is 11.8 Å². The standard InChI is InChI=1S/C14H17NO3/c1-9-5-3-4-6-12(9)15-13(16)8-18-14(17)11-7-10(11)2/h3-6,10-11H,7-8H2,1-2H3,(H,15,16)/t10-,11-/m0/s1. The molecular weight excluding hydrogens is 230 g/mol. The predicted molar refractivity (Wildman–Crippen MR) is 68.0 cm³/mol. The number of benzene rings is 1. The first-order valence-electron chi connectivity index (χ1n) is 6.10. The number of nitrogens with one attached hydrogen (secondary N) is 1. The molecule has 0 spiro atoms. The van der Waals surface area contributed by atoms with Gasteiger partial charge in [0.05, 0.1) is 5.92 Å². The Morgan fingerprint density at radius 1 is 1.39 bits per heavy atom. The fourth-order valence-corrected chi connectivity index (χ4v) is 1.79. The average Bonchev–Trinajstić information content (AvgIpc) is 3.06. The Labute approximate surface area is 106 Å². The maximum absolute atomic E-state index is 11.6. The van der Waals surface area contributed by atoms with E-state index in [0.29, 0.717) is 5.92 Å². The van der Waals surface area contributed by atoms with Crippen molar-refractivity contribution in [1.82, 2.24) is 0 Å². The fourth-order valence-electron chi connectivity index (χ4n) is 1.79. The van der Waals surface area contributed by atoms with Gasteiger partial charge in [0.1, 0.15) is 0 Å². The Bertz CT molecular complexity index is 470. The lowest BCUT2D eigenvalue weighted by molar-refractivity contribution is -0.148. The molecule has 1 aromatic carbocycles. The maximum Gasteiger partial charge on any atom is 0.309 e. The van der Waals surface area contributed by atoms with E-state index >= 15 is 0 Å². The molecule has 4 heteroatoms. The Morgan fingerprint density at radius 3 is 2.67 bits per heavy atom. The molecule has 0 bridgehead atoms. The van der Waals surface area contributed by atoms with Crippen molar-refractivity contribution in [2.75, 3.05) is 11.9 Å². The van der Waals surface area contributed by atoms with Crippen LogP contribution in [0.15, 0.2) is 24.3 Å². The van der Waals surface area contributed by atoms with E-state index in [1.807, 2.05) is 38.1 Å². The van der Waals surface area contributed by atoms with Crippen molar-refractivity contribution in [3.63, 3.8) is 0 Å². The highest BCUT2D eigenvalue weighted by atomic mass is 16.5. The summed E-state index contributed by atoms with van der Waals surface area (Å²) in [4.78, 5) is 23.0. The van der Waals surface area contributed by atoms with Crippen molar-refractivity contribution < 1.29 is 14.3 Å². The number of ether oxygens (including phenoxy) is 1. The van der Waals surface area contributed by atoms with Crippen LogP contribution in [0, 0.1) is 18.8 Å². The molecule has 4 nitrogen and oxygen atoms in total. The smallest absolute Gasteiger partial charge is 0.309 e. The van der Waals surface area contributed by atoms with E-state index in [2.05, 4.69) is 5.32 Å². The molecule has 1 aliphatic rings. The summed E-state index contributed by atoms with van der Waals surface area (Å²) >= 11 is 0. The zero-order chi connectivity index (χ0) is 13.1. The molecule has 0 aromatic heterocycles. The van der Waals surface area contributed by atoms with Crippen LogP contribution in [0.4, 0.5) is 5.69 Å². The van der Waals surface area contributed by atoms with Crippen LogP contribution in [0.3, 0.4) is 0 Å². The number of hydrogen-bond donors (Lipinski definition) is 1. The number of aryl methyl sites for hydroxylation is 1. The Balaban J connectivity index is 1.79. The van der Waals surface area contributed by atoms with Gasteiger partial charge in [0.2, 0.25) is 0 Å². The molecule has 0 heterocycles. The van der Waals surface area contributed by atoms with Gasteiger partial charge in [0.25, 0.3) is 5.91 Å². The number of carbonyl (C=O) groups is 2. The molecule has 18 heavy (non-hydrogen) atoms. The minimum atomic E-state index is -0.300. The van der Waals surface area contributed by atoms with Gasteiger partial charge in [-0.2, -0.15) is 0 Å². The van der Waals surface area contributed by atoms with Gasteiger partial charge in [0.15, 0.2) is 6.61 Å². The monoisotopic (exact) mass is 247 g/mol. The summed E-state index contributed by atoms with van der Waals surface area (Å²) in [5.41, 5.74) is 1.73. The van der Waals surface area contributed by atoms with Gasteiger partial charge >= 0.3 is 5.97 Å². The van der Waals surface area contributed by atoms with Crippen LogP contribution >= 0.6 is 0 Å². The third-order valence-corrected chi connectivity index (χ3v) is 3.18. The van der Waals surface area contributed by atoms with Crippen LogP contribution < -0.4 is 5.32 Å². The molecule has 2 atom stereocenters. The van der Waals surface area contributed by atoms with Gasteiger partial charge in [-0.15, -0.1) is 0 Å². The largest absolute Gasteiger partial charge is 0.455 e. The summed E-state index contributed by atoms with van der Waals surface area (Å²) in [6.07, 6.45) is 0.873. The third-order valence-electron chi connectivity index (χ3n) is 3.18. The predicted octanol–water partition coefficient (Wildman–Crippen LogP) is 2.13. The SMILES string of the molecule is Cc1ccccc1NC(=O)COC(=O)[C@H]1C[C@@H]1C. The zero-order valence-corrected chi connectivity index (χ0v) is 10.6. The highest BCUT2D eigenvalue weighted by Crippen LogP contribution is 2.38. The number of anilines is 1. The molecule has 0 aliphatic heterocycles. The highest BCUT2D eigenvalue weighted by molar-refractivity contribution is 5.93.